The standard InChI is InChI=1S/C21H18N4O4S/c1-2-29-21(26)16(14-22)12-17-13-20(15-6-4-3-5-7-15)25(24-17)18-8-10-19(11-9-18)30(23,27)28/h3-13H,2H2,1H3,(H2,23,27,28). The lowest BCUT2D eigenvalue weighted by Crippen LogP contribution is -2.12. The van der Waals surface area contributed by atoms with Gasteiger partial charge < -0.3 is 4.74 Å². The second kappa shape index (κ2) is 8.73. The van der Waals surface area contributed by atoms with Crippen molar-refractivity contribution in [1.29, 1.82) is 5.26 Å². The Morgan fingerprint density at radius 3 is 2.43 bits per heavy atom. The molecule has 0 fully saturated rings. The molecular weight excluding hydrogens is 404 g/mol. The van der Waals surface area contributed by atoms with Gasteiger partial charge in [0.25, 0.3) is 0 Å². The van der Waals surface area contributed by atoms with Gasteiger partial charge in [0.2, 0.25) is 10.0 Å². The SMILES string of the molecule is CCOC(=O)C(C#N)=Cc1cc(-c2ccccc2)n(-c2ccc(S(N)(=O)=O)cc2)n1. The van der Waals surface area contributed by atoms with Crippen LogP contribution in [0.1, 0.15) is 12.6 Å². The van der Waals surface area contributed by atoms with Crippen LogP contribution in [-0.2, 0) is 19.6 Å². The molecule has 0 atom stereocenters. The van der Waals surface area contributed by atoms with E-state index in [9.17, 15) is 18.5 Å². The van der Waals surface area contributed by atoms with E-state index in [-0.39, 0.29) is 17.1 Å². The molecular formula is C21H18N4O4S. The largest absolute Gasteiger partial charge is 0.462 e. The van der Waals surface area contributed by atoms with Gasteiger partial charge in [-0.25, -0.2) is 23.0 Å². The van der Waals surface area contributed by atoms with Crippen molar-refractivity contribution < 1.29 is 17.9 Å². The van der Waals surface area contributed by atoms with Gasteiger partial charge in [-0.1, -0.05) is 30.3 Å². The van der Waals surface area contributed by atoms with E-state index < -0.39 is 16.0 Å². The lowest BCUT2D eigenvalue weighted by atomic mass is 10.1. The second-order valence-corrected chi connectivity index (χ2v) is 7.72. The molecule has 3 aromatic rings. The number of nitrogens with two attached hydrogens (primary N) is 1. The number of aromatic nitrogens is 2. The molecule has 2 N–H and O–H groups in total. The van der Waals surface area contributed by atoms with E-state index in [1.54, 1.807) is 29.8 Å². The van der Waals surface area contributed by atoms with Crippen LogP contribution in [0.3, 0.4) is 0 Å². The summed E-state index contributed by atoms with van der Waals surface area (Å²) in [4.78, 5) is 11.9. The van der Waals surface area contributed by atoms with Crippen molar-refractivity contribution in [3.63, 3.8) is 0 Å². The molecule has 0 radical (unpaired) electrons. The van der Waals surface area contributed by atoms with Crippen LogP contribution in [0.25, 0.3) is 23.0 Å². The van der Waals surface area contributed by atoms with Crippen LogP contribution < -0.4 is 5.14 Å². The van der Waals surface area contributed by atoms with Crippen molar-refractivity contribution in [3.05, 3.63) is 71.9 Å². The highest BCUT2D eigenvalue weighted by molar-refractivity contribution is 7.89. The molecule has 0 saturated heterocycles. The number of esters is 1. The Bertz CT molecular complexity index is 1240. The summed E-state index contributed by atoms with van der Waals surface area (Å²) in [5.41, 5.74) is 2.30. The third kappa shape index (κ3) is 4.63. The number of carbonyl (C=O) groups excluding carboxylic acids is 1. The number of carbonyl (C=O) groups is 1. The summed E-state index contributed by atoms with van der Waals surface area (Å²) in [6.07, 6.45) is 1.35. The van der Waals surface area contributed by atoms with E-state index in [0.29, 0.717) is 17.1 Å². The first kappa shape index (κ1) is 21.0. The molecule has 3 rings (SSSR count). The zero-order valence-electron chi connectivity index (χ0n) is 16.0. The predicted octanol–water partition coefficient (Wildman–Crippen LogP) is 2.66. The molecule has 1 aromatic heterocycles. The number of sulfonamides is 1. The third-order valence-electron chi connectivity index (χ3n) is 4.12. The average molecular weight is 422 g/mol. The van der Waals surface area contributed by atoms with Gasteiger partial charge in [-0.2, -0.15) is 10.4 Å². The van der Waals surface area contributed by atoms with E-state index >= 15 is 0 Å². The average Bonchev–Trinajstić information content (AvgIpc) is 3.16. The summed E-state index contributed by atoms with van der Waals surface area (Å²) in [5.74, 6) is -0.728. The molecule has 0 aliphatic carbocycles. The van der Waals surface area contributed by atoms with Crippen LogP contribution in [0, 0.1) is 11.3 Å². The predicted molar refractivity (Wildman–Crippen MR) is 111 cm³/mol. The quantitative estimate of drug-likeness (QED) is 0.369. The number of nitriles is 1. The summed E-state index contributed by atoms with van der Waals surface area (Å²) in [5, 5.41) is 18.9. The normalized spacial score (nSPS) is 11.7. The van der Waals surface area contributed by atoms with Crippen LogP contribution in [-0.4, -0.2) is 30.8 Å². The van der Waals surface area contributed by atoms with Crippen LogP contribution >= 0.6 is 0 Å². The molecule has 0 aliphatic heterocycles. The molecule has 9 heteroatoms. The fourth-order valence-electron chi connectivity index (χ4n) is 2.75. The van der Waals surface area contributed by atoms with Gasteiger partial charge in [-0.3, -0.25) is 0 Å². The van der Waals surface area contributed by atoms with E-state index in [4.69, 9.17) is 9.88 Å². The molecule has 2 aromatic carbocycles. The van der Waals surface area contributed by atoms with Crippen LogP contribution in [0.2, 0.25) is 0 Å². The Labute approximate surface area is 173 Å². The van der Waals surface area contributed by atoms with Crippen molar-refractivity contribution in [2.75, 3.05) is 6.61 Å². The number of benzene rings is 2. The molecule has 0 spiro atoms. The Morgan fingerprint density at radius 1 is 1.20 bits per heavy atom. The minimum absolute atomic E-state index is 0.0196. The monoisotopic (exact) mass is 422 g/mol. The second-order valence-electron chi connectivity index (χ2n) is 6.16. The topological polar surface area (TPSA) is 128 Å². The van der Waals surface area contributed by atoms with Gasteiger partial charge in [-0.15, -0.1) is 0 Å². The van der Waals surface area contributed by atoms with Crippen molar-refractivity contribution in [2.45, 2.75) is 11.8 Å². The van der Waals surface area contributed by atoms with Crippen LogP contribution in [0.15, 0.2) is 71.1 Å². The van der Waals surface area contributed by atoms with Gasteiger partial charge in [-0.05, 0) is 43.3 Å². The van der Waals surface area contributed by atoms with Crippen molar-refractivity contribution in [2.24, 2.45) is 5.14 Å². The molecule has 152 valence electrons. The Balaban J connectivity index is 2.12. The Morgan fingerprint density at radius 2 is 1.87 bits per heavy atom. The van der Waals surface area contributed by atoms with Crippen LogP contribution in [0.4, 0.5) is 0 Å². The highest BCUT2D eigenvalue weighted by Crippen LogP contribution is 2.25. The van der Waals surface area contributed by atoms with E-state index in [1.165, 1.54) is 18.2 Å². The number of nitrogens with zero attached hydrogens (tertiary/aromatic N) is 3. The number of hydrogen-bond acceptors (Lipinski definition) is 6. The highest BCUT2D eigenvalue weighted by atomic mass is 32.2. The first-order chi connectivity index (χ1) is 14.3. The molecule has 8 nitrogen and oxygen atoms in total. The maximum absolute atomic E-state index is 11.9. The molecule has 0 bridgehead atoms. The van der Waals surface area contributed by atoms with Gasteiger partial charge in [0.1, 0.15) is 11.6 Å². The molecule has 0 aliphatic rings. The summed E-state index contributed by atoms with van der Waals surface area (Å²) < 4.78 is 29.5. The number of ether oxygens (including phenoxy) is 1. The first-order valence-electron chi connectivity index (χ1n) is 8.91. The van der Waals surface area contributed by atoms with Crippen molar-refractivity contribution >= 4 is 22.1 Å². The summed E-state index contributed by atoms with van der Waals surface area (Å²) in [6, 6.07) is 18.8. The molecule has 30 heavy (non-hydrogen) atoms. The van der Waals surface area contributed by atoms with E-state index in [1.807, 2.05) is 36.4 Å². The lowest BCUT2D eigenvalue weighted by molar-refractivity contribution is -0.137. The first-order valence-corrected chi connectivity index (χ1v) is 10.5. The highest BCUT2D eigenvalue weighted by Gasteiger charge is 2.15. The Hall–Kier alpha value is -3.74. The maximum Gasteiger partial charge on any atom is 0.348 e. The summed E-state index contributed by atoms with van der Waals surface area (Å²) in [6.45, 7) is 1.80. The van der Waals surface area contributed by atoms with Crippen molar-refractivity contribution in [1.82, 2.24) is 9.78 Å². The smallest absolute Gasteiger partial charge is 0.348 e. The molecule has 1 heterocycles. The number of hydrogen-bond donors (Lipinski definition) is 1. The van der Waals surface area contributed by atoms with Crippen molar-refractivity contribution in [3.8, 4) is 23.0 Å². The molecule has 0 unspecified atom stereocenters. The zero-order valence-corrected chi connectivity index (χ0v) is 16.8. The van der Waals surface area contributed by atoms with E-state index in [2.05, 4.69) is 5.10 Å². The van der Waals surface area contributed by atoms with Gasteiger partial charge in [0.15, 0.2) is 0 Å². The number of rotatable bonds is 6. The fraction of sp³-hybridized carbons (Fsp3) is 0.0952. The van der Waals surface area contributed by atoms with Gasteiger partial charge in [0, 0.05) is 5.56 Å². The maximum atomic E-state index is 11.9. The third-order valence-corrected chi connectivity index (χ3v) is 5.04. The zero-order chi connectivity index (χ0) is 21.7. The lowest BCUT2D eigenvalue weighted by Gasteiger charge is -2.08. The van der Waals surface area contributed by atoms with Gasteiger partial charge in [0.05, 0.1) is 28.6 Å². The molecule has 0 amide bonds. The van der Waals surface area contributed by atoms with Gasteiger partial charge >= 0.3 is 5.97 Å². The fourth-order valence-corrected chi connectivity index (χ4v) is 3.27. The van der Waals surface area contributed by atoms with Crippen LogP contribution in [0.5, 0.6) is 0 Å². The van der Waals surface area contributed by atoms with E-state index in [0.717, 1.165) is 5.56 Å². The summed E-state index contributed by atoms with van der Waals surface area (Å²) in [7, 11) is -3.82. The minimum Gasteiger partial charge on any atom is -0.462 e. The Kier molecular flexibility index (Phi) is 6.11. The summed E-state index contributed by atoms with van der Waals surface area (Å²) >= 11 is 0. The molecule has 0 saturated carbocycles. The number of primary sulfonamides is 1. The minimum atomic E-state index is -3.82.